The number of aryl methyl sites for hydroxylation is 1. The van der Waals surface area contributed by atoms with Gasteiger partial charge in [0.15, 0.2) is 5.13 Å². The number of anilines is 1. The van der Waals surface area contributed by atoms with Crippen LogP contribution < -0.4 is 10.5 Å². The molecule has 0 radical (unpaired) electrons. The van der Waals surface area contributed by atoms with Gasteiger partial charge in [-0.05, 0) is 25.7 Å². The van der Waals surface area contributed by atoms with Crippen molar-refractivity contribution in [2.24, 2.45) is 5.92 Å². The summed E-state index contributed by atoms with van der Waals surface area (Å²) in [4.78, 5) is 15.1. The zero-order chi connectivity index (χ0) is 16.2. The first-order valence-electron chi connectivity index (χ1n) is 7.06. The van der Waals surface area contributed by atoms with E-state index in [1.165, 1.54) is 15.6 Å². The Morgan fingerprint density at radius 1 is 1.59 bits per heavy atom. The Morgan fingerprint density at radius 3 is 3.00 bits per heavy atom. The molecule has 1 aromatic heterocycles. The van der Waals surface area contributed by atoms with Gasteiger partial charge in [0.2, 0.25) is 0 Å². The Kier molecular flexibility index (Phi) is 5.73. The summed E-state index contributed by atoms with van der Waals surface area (Å²) >= 11 is 1.36. The summed E-state index contributed by atoms with van der Waals surface area (Å²) in [5.74, 6) is -1.57. The fourth-order valence-corrected chi connectivity index (χ4v) is 4.29. The maximum Gasteiger partial charge on any atom is 0.307 e. The van der Waals surface area contributed by atoms with Crippen molar-refractivity contribution in [2.75, 3.05) is 25.4 Å². The fraction of sp³-hybridized carbons (Fsp3) is 0.667. The average molecular weight is 348 g/mol. The van der Waals surface area contributed by atoms with Crippen LogP contribution in [0.4, 0.5) is 5.13 Å². The predicted molar refractivity (Wildman–Crippen MR) is 83.7 cm³/mol. The van der Waals surface area contributed by atoms with Crippen molar-refractivity contribution in [1.29, 1.82) is 0 Å². The molecule has 0 aromatic carbocycles. The van der Waals surface area contributed by atoms with Gasteiger partial charge >= 0.3 is 5.97 Å². The number of aromatic nitrogens is 1. The lowest BCUT2D eigenvalue weighted by atomic mass is 10.0. The van der Waals surface area contributed by atoms with E-state index in [1.807, 2.05) is 5.38 Å². The molecule has 4 N–H and O–H groups in total. The third kappa shape index (κ3) is 4.63. The van der Waals surface area contributed by atoms with Crippen LogP contribution in [0.5, 0.6) is 0 Å². The quantitative estimate of drug-likeness (QED) is 0.608. The van der Waals surface area contributed by atoms with Gasteiger partial charge in [-0.15, -0.1) is 11.3 Å². The molecule has 1 aliphatic heterocycles. The summed E-state index contributed by atoms with van der Waals surface area (Å²) in [6, 6.07) is 0. The molecule has 2 heterocycles. The summed E-state index contributed by atoms with van der Waals surface area (Å²) < 4.78 is 28.0. The Labute approximate surface area is 133 Å². The molecule has 2 rings (SSSR count). The van der Waals surface area contributed by atoms with Gasteiger partial charge < -0.3 is 10.8 Å². The fourth-order valence-electron chi connectivity index (χ4n) is 2.36. The van der Waals surface area contributed by atoms with Crippen LogP contribution in [0.25, 0.3) is 0 Å². The first-order chi connectivity index (χ1) is 10.4. The van der Waals surface area contributed by atoms with Crippen molar-refractivity contribution in [1.82, 2.24) is 14.0 Å². The number of rotatable bonds is 7. The van der Waals surface area contributed by atoms with E-state index < -0.39 is 22.1 Å². The third-order valence-corrected chi connectivity index (χ3v) is 5.84. The van der Waals surface area contributed by atoms with E-state index in [0.717, 1.165) is 5.69 Å². The molecular formula is C12H20N4O4S2. The number of nitrogens with zero attached hydrogens (tertiary/aromatic N) is 2. The number of nitrogens with one attached hydrogen (secondary N) is 1. The molecule has 124 valence electrons. The van der Waals surface area contributed by atoms with Crippen LogP contribution in [-0.2, 0) is 21.4 Å². The molecule has 0 bridgehead atoms. The van der Waals surface area contributed by atoms with Gasteiger partial charge in [0.25, 0.3) is 10.2 Å². The van der Waals surface area contributed by atoms with Crippen LogP contribution in [0.3, 0.4) is 0 Å². The summed E-state index contributed by atoms with van der Waals surface area (Å²) in [6.45, 7) is 0.684. The normalized spacial score (nSPS) is 20.1. The predicted octanol–water partition coefficient (Wildman–Crippen LogP) is 0.289. The van der Waals surface area contributed by atoms with E-state index in [1.54, 1.807) is 0 Å². The van der Waals surface area contributed by atoms with Crippen molar-refractivity contribution < 1.29 is 18.3 Å². The van der Waals surface area contributed by atoms with E-state index in [2.05, 4.69) is 9.71 Å². The number of piperidine rings is 1. The van der Waals surface area contributed by atoms with Crippen LogP contribution in [-0.4, -0.2) is 48.4 Å². The topological polar surface area (TPSA) is 126 Å². The van der Waals surface area contributed by atoms with Crippen LogP contribution in [0.2, 0.25) is 0 Å². The van der Waals surface area contributed by atoms with Crippen LogP contribution in [0, 0.1) is 5.92 Å². The zero-order valence-corrected chi connectivity index (χ0v) is 13.7. The number of carboxylic acid groups (broad SMARTS) is 1. The standard InChI is InChI=1S/C12H20N4O4S2/c13-12-15-10(8-21-12)4-1-5-14-22(19,20)16-6-2-3-9(7-16)11(17)18/h8-9,14H,1-7H2,(H2,13,15)(H,17,18)/t9-/m0/s1. The lowest BCUT2D eigenvalue weighted by molar-refractivity contribution is -0.142. The highest BCUT2D eigenvalue weighted by Gasteiger charge is 2.31. The molecule has 0 saturated carbocycles. The Morgan fingerprint density at radius 2 is 2.36 bits per heavy atom. The van der Waals surface area contributed by atoms with Gasteiger partial charge in [0.05, 0.1) is 11.6 Å². The summed E-state index contributed by atoms with van der Waals surface area (Å²) in [6.07, 6.45) is 2.34. The highest BCUT2D eigenvalue weighted by Crippen LogP contribution is 2.18. The summed E-state index contributed by atoms with van der Waals surface area (Å²) in [7, 11) is -3.62. The van der Waals surface area contributed by atoms with Gasteiger partial charge in [-0.25, -0.2) is 9.71 Å². The molecule has 0 amide bonds. The summed E-state index contributed by atoms with van der Waals surface area (Å²) in [5, 5.41) is 11.4. The number of aliphatic carboxylic acids is 1. The first-order valence-corrected chi connectivity index (χ1v) is 9.38. The first kappa shape index (κ1) is 17.1. The molecule has 0 unspecified atom stereocenters. The van der Waals surface area contributed by atoms with Crippen LogP contribution >= 0.6 is 11.3 Å². The SMILES string of the molecule is Nc1nc(CCCNS(=O)(=O)N2CCC[C@H](C(=O)O)C2)cs1. The smallest absolute Gasteiger partial charge is 0.307 e. The maximum absolute atomic E-state index is 12.2. The number of nitrogen functional groups attached to an aromatic ring is 1. The van der Waals surface area contributed by atoms with E-state index in [9.17, 15) is 13.2 Å². The molecule has 0 spiro atoms. The molecule has 1 aliphatic rings. The molecule has 10 heteroatoms. The number of carboxylic acids is 1. The molecule has 22 heavy (non-hydrogen) atoms. The highest BCUT2D eigenvalue weighted by molar-refractivity contribution is 7.87. The van der Waals surface area contributed by atoms with Crippen molar-refractivity contribution in [3.63, 3.8) is 0 Å². The van der Waals surface area contributed by atoms with E-state index in [-0.39, 0.29) is 13.1 Å². The highest BCUT2D eigenvalue weighted by atomic mass is 32.2. The van der Waals surface area contributed by atoms with Gasteiger partial charge in [-0.1, -0.05) is 0 Å². The van der Waals surface area contributed by atoms with Gasteiger partial charge in [0, 0.05) is 25.0 Å². The molecular weight excluding hydrogens is 328 g/mol. The molecule has 1 aromatic rings. The largest absolute Gasteiger partial charge is 0.481 e. The number of hydrogen-bond donors (Lipinski definition) is 3. The number of hydrogen-bond acceptors (Lipinski definition) is 6. The Balaban J connectivity index is 1.79. The number of carbonyl (C=O) groups is 1. The number of thiazole rings is 1. The monoisotopic (exact) mass is 348 g/mol. The minimum atomic E-state index is -3.62. The van der Waals surface area contributed by atoms with E-state index in [4.69, 9.17) is 10.8 Å². The second kappa shape index (κ2) is 7.36. The number of nitrogens with two attached hydrogens (primary N) is 1. The van der Waals surface area contributed by atoms with Crippen molar-refractivity contribution in [3.8, 4) is 0 Å². The van der Waals surface area contributed by atoms with Gasteiger partial charge in [0.1, 0.15) is 0 Å². The van der Waals surface area contributed by atoms with E-state index >= 15 is 0 Å². The van der Waals surface area contributed by atoms with Crippen LogP contribution in [0.15, 0.2) is 5.38 Å². The lowest BCUT2D eigenvalue weighted by Gasteiger charge is -2.29. The second-order valence-electron chi connectivity index (χ2n) is 5.22. The van der Waals surface area contributed by atoms with Crippen molar-refractivity contribution in [3.05, 3.63) is 11.1 Å². The van der Waals surface area contributed by atoms with E-state index in [0.29, 0.717) is 37.4 Å². The Bertz CT molecular complexity index is 616. The average Bonchev–Trinajstić information content (AvgIpc) is 2.89. The molecule has 1 saturated heterocycles. The zero-order valence-electron chi connectivity index (χ0n) is 12.1. The van der Waals surface area contributed by atoms with Crippen molar-refractivity contribution >= 4 is 32.6 Å². The lowest BCUT2D eigenvalue weighted by Crippen LogP contribution is -2.47. The Hall–Kier alpha value is -1.23. The molecule has 0 aliphatic carbocycles. The maximum atomic E-state index is 12.2. The third-order valence-electron chi connectivity index (χ3n) is 3.54. The van der Waals surface area contributed by atoms with Gasteiger partial charge in [-0.2, -0.15) is 12.7 Å². The summed E-state index contributed by atoms with van der Waals surface area (Å²) in [5.41, 5.74) is 6.38. The molecule has 1 fully saturated rings. The molecule has 8 nitrogen and oxygen atoms in total. The molecule has 1 atom stereocenters. The minimum Gasteiger partial charge on any atom is -0.481 e. The minimum absolute atomic E-state index is 0.0350. The van der Waals surface area contributed by atoms with Crippen molar-refractivity contribution in [2.45, 2.75) is 25.7 Å². The van der Waals surface area contributed by atoms with Gasteiger partial charge in [-0.3, -0.25) is 4.79 Å². The second-order valence-corrected chi connectivity index (χ2v) is 7.86. The van der Waals surface area contributed by atoms with Crippen LogP contribution in [0.1, 0.15) is 25.0 Å².